The van der Waals surface area contributed by atoms with Gasteiger partial charge in [0.05, 0.1) is 12.3 Å². The predicted octanol–water partition coefficient (Wildman–Crippen LogP) is 6.67. The average molecular weight is 563 g/mol. The Labute approximate surface area is 246 Å². The van der Waals surface area contributed by atoms with Gasteiger partial charge < -0.3 is 24.4 Å². The summed E-state index contributed by atoms with van der Waals surface area (Å²) in [6.45, 7) is 3.55. The lowest BCUT2D eigenvalue weighted by atomic mass is 10.2. The molecule has 0 saturated carbocycles. The molecule has 0 aliphatic carbocycles. The lowest BCUT2D eigenvalue weighted by Crippen LogP contribution is -2.39. The third-order valence-electron chi connectivity index (χ3n) is 6.85. The van der Waals surface area contributed by atoms with Crippen LogP contribution in [0.25, 0.3) is 6.08 Å². The van der Waals surface area contributed by atoms with E-state index in [9.17, 15) is 9.59 Å². The molecule has 0 fully saturated rings. The molecule has 2 amide bonds. The highest BCUT2D eigenvalue weighted by Crippen LogP contribution is 2.34. The van der Waals surface area contributed by atoms with Crippen LogP contribution in [0.2, 0.25) is 0 Å². The summed E-state index contributed by atoms with van der Waals surface area (Å²) < 4.78 is 17.3. The van der Waals surface area contributed by atoms with Crippen molar-refractivity contribution in [2.45, 2.75) is 26.4 Å². The molecule has 0 saturated heterocycles. The van der Waals surface area contributed by atoms with Crippen molar-refractivity contribution in [3.8, 4) is 17.2 Å². The SMILES string of the molecule is CCc1ccc(OCCCN2C(=O)COc3ccc(NC(=O)/C=C/c4ccc(OCc5ccccc5)cc4)cc32)cc1. The number of benzene rings is 4. The molecule has 1 aliphatic rings. The summed E-state index contributed by atoms with van der Waals surface area (Å²) >= 11 is 0. The second-order valence-corrected chi connectivity index (χ2v) is 9.88. The lowest BCUT2D eigenvalue weighted by molar-refractivity contribution is -0.121. The number of carbonyl (C=O) groups excluding carboxylic acids is 2. The highest BCUT2D eigenvalue weighted by molar-refractivity contribution is 6.03. The first-order valence-corrected chi connectivity index (χ1v) is 14.1. The fourth-order valence-electron chi connectivity index (χ4n) is 4.53. The van der Waals surface area contributed by atoms with Gasteiger partial charge in [0.2, 0.25) is 5.91 Å². The second-order valence-electron chi connectivity index (χ2n) is 9.88. The Balaban J connectivity index is 1.13. The molecule has 7 heteroatoms. The highest BCUT2D eigenvalue weighted by Gasteiger charge is 2.25. The summed E-state index contributed by atoms with van der Waals surface area (Å²) in [5.74, 6) is 1.76. The maximum atomic E-state index is 12.7. The first-order chi connectivity index (χ1) is 20.6. The summed E-state index contributed by atoms with van der Waals surface area (Å²) in [6, 6.07) is 30.9. The summed E-state index contributed by atoms with van der Waals surface area (Å²) in [5, 5.41) is 2.88. The van der Waals surface area contributed by atoms with E-state index in [1.54, 1.807) is 29.2 Å². The molecule has 42 heavy (non-hydrogen) atoms. The van der Waals surface area contributed by atoms with E-state index >= 15 is 0 Å². The van der Waals surface area contributed by atoms with Crippen LogP contribution in [-0.4, -0.2) is 31.6 Å². The Kier molecular flexibility index (Phi) is 9.52. The van der Waals surface area contributed by atoms with Crippen molar-refractivity contribution in [2.24, 2.45) is 0 Å². The number of nitrogens with one attached hydrogen (secondary N) is 1. The van der Waals surface area contributed by atoms with Gasteiger partial charge in [-0.15, -0.1) is 0 Å². The molecule has 1 aliphatic heterocycles. The lowest BCUT2D eigenvalue weighted by Gasteiger charge is -2.29. The van der Waals surface area contributed by atoms with Crippen LogP contribution in [0.5, 0.6) is 17.2 Å². The third-order valence-corrected chi connectivity index (χ3v) is 6.85. The van der Waals surface area contributed by atoms with Crippen LogP contribution < -0.4 is 24.4 Å². The van der Waals surface area contributed by atoms with Gasteiger partial charge in [0.1, 0.15) is 23.9 Å². The normalized spacial score (nSPS) is 12.5. The average Bonchev–Trinajstić information content (AvgIpc) is 3.03. The zero-order valence-corrected chi connectivity index (χ0v) is 23.6. The summed E-state index contributed by atoms with van der Waals surface area (Å²) in [7, 11) is 0. The Morgan fingerprint density at radius 3 is 2.40 bits per heavy atom. The zero-order valence-electron chi connectivity index (χ0n) is 23.6. The van der Waals surface area contributed by atoms with Crippen molar-refractivity contribution >= 4 is 29.3 Å². The number of hydrogen-bond acceptors (Lipinski definition) is 5. The van der Waals surface area contributed by atoms with Gasteiger partial charge in [-0.05, 0) is 78.1 Å². The molecule has 0 spiro atoms. The minimum atomic E-state index is -0.281. The first kappa shape index (κ1) is 28.5. The second kappa shape index (κ2) is 14.0. The molecule has 5 rings (SSSR count). The number of rotatable bonds is 12. The molecule has 4 aromatic rings. The molecular formula is C35H34N2O5. The van der Waals surface area contributed by atoms with E-state index < -0.39 is 0 Å². The molecule has 0 bridgehead atoms. The first-order valence-electron chi connectivity index (χ1n) is 14.1. The standard InChI is InChI=1S/C35H34N2O5/c1-2-26-9-15-30(16-10-26)40-22-6-21-37-32-23-29(14-19-33(32)42-25-35(37)39)36-34(38)20-13-27-11-17-31(18-12-27)41-24-28-7-4-3-5-8-28/h3-5,7-20,23H,2,6,21-22,24-25H2,1H3,(H,36,38)/b20-13+. The van der Waals surface area contributed by atoms with Crippen LogP contribution in [0.1, 0.15) is 30.0 Å². The number of anilines is 2. The van der Waals surface area contributed by atoms with Crippen LogP contribution in [0.4, 0.5) is 11.4 Å². The highest BCUT2D eigenvalue weighted by atomic mass is 16.5. The van der Waals surface area contributed by atoms with E-state index in [1.165, 1.54) is 11.6 Å². The van der Waals surface area contributed by atoms with Crippen LogP contribution >= 0.6 is 0 Å². The molecule has 1 N–H and O–H groups in total. The van der Waals surface area contributed by atoms with E-state index in [-0.39, 0.29) is 18.4 Å². The van der Waals surface area contributed by atoms with Gasteiger partial charge >= 0.3 is 0 Å². The smallest absolute Gasteiger partial charge is 0.265 e. The Hall–Kier alpha value is -5.04. The van der Waals surface area contributed by atoms with Crippen molar-refractivity contribution in [1.29, 1.82) is 0 Å². The maximum absolute atomic E-state index is 12.7. The molecule has 7 nitrogen and oxygen atoms in total. The molecular weight excluding hydrogens is 528 g/mol. The fraction of sp³-hybridized carbons (Fsp3) is 0.200. The number of aryl methyl sites for hydroxylation is 1. The quantitative estimate of drug-likeness (QED) is 0.154. The Bertz CT molecular complexity index is 1520. The van der Waals surface area contributed by atoms with E-state index in [0.29, 0.717) is 43.3 Å². The molecule has 0 radical (unpaired) electrons. The number of carbonyl (C=O) groups is 2. The molecule has 0 unspecified atom stereocenters. The molecule has 1 heterocycles. The Morgan fingerprint density at radius 1 is 0.905 bits per heavy atom. The van der Waals surface area contributed by atoms with Crippen LogP contribution in [0, 0.1) is 0 Å². The molecule has 214 valence electrons. The molecule has 0 aromatic heterocycles. The van der Waals surface area contributed by atoms with Crippen molar-refractivity contribution in [3.05, 3.63) is 120 Å². The maximum Gasteiger partial charge on any atom is 0.265 e. The van der Waals surface area contributed by atoms with Gasteiger partial charge in [0, 0.05) is 18.3 Å². The topological polar surface area (TPSA) is 77.1 Å². The number of fused-ring (bicyclic) bond motifs is 1. The minimum absolute atomic E-state index is 0.0170. The Morgan fingerprint density at radius 2 is 1.64 bits per heavy atom. The van der Waals surface area contributed by atoms with E-state index in [1.807, 2.05) is 66.7 Å². The van der Waals surface area contributed by atoms with Crippen molar-refractivity contribution in [2.75, 3.05) is 30.0 Å². The zero-order chi connectivity index (χ0) is 29.1. The van der Waals surface area contributed by atoms with E-state index in [0.717, 1.165) is 29.0 Å². The van der Waals surface area contributed by atoms with Gasteiger partial charge in [-0.25, -0.2) is 0 Å². The number of ether oxygens (including phenoxy) is 3. The number of nitrogens with zero attached hydrogens (tertiary/aromatic N) is 1. The third kappa shape index (κ3) is 7.79. The monoisotopic (exact) mass is 562 g/mol. The predicted molar refractivity (Wildman–Crippen MR) is 165 cm³/mol. The van der Waals surface area contributed by atoms with Crippen LogP contribution in [-0.2, 0) is 22.6 Å². The van der Waals surface area contributed by atoms with Crippen molar-refractivity contribution in [1.82, 2.24) is 0 Å². The van der Waals surface area contributed by atoms with Gasteiger partial charge in [-0.3, -0.25) is 9.59 Å². The summed E-state index contributed by atoms with van der Waals surface area (Å²) in [6.07, 6.45) is 4.85. The van der Waals surface area contributed by atoms with Crippen LogP contribution in [0.15, 0.2) is 103 Å². The largest absolute Gasteiger partial charge is 0.494 e. The summed E-state index contributed by atoms with van der Waals surface area (Å²) in [5.41, 5.74) is 4.43. The molecule has 0 atom stereocenters. The fourth-order valence-corrected chi connectivity index (χ4v) is 4.53. The summed E-state index contributed by atoms with van der Waals surface area (Å²) in [4.78, 5) is 27.0. The van der Waals surface area contributed by atoms with Crippen molar-refractivity contribution < 1.29 is 23.8 Å². The van der Waals surface area contributed by atoms with Crippen molar-refractivity contribution in [3.63, 3.8) is 0 Å². The van der Waals surface area contributed by atoms with Crippen LogP contribution in [0.3, 0.4) is 0 Å². The van der Waals surface area contributed by atoms with Gasteiger partial charge in [-0.1, -0.05) is 61.5 Å². The van der Waals surface area contributed by atoms with E-state index in [2.05, 4.69) is 24.4 Å². The number of hydrogen-bond donors (Lipinski definition) is 1. The van der Waals surface area contributed by atoms with Gasteiger partial charge in [0.15, 0.2) is 6.61 Å². The van der Waals surface area contributed by atoms with Gasteiger partial charge in [0.25, 0.3) is 5.91 Å². The van der Waals surface area contributed by atoms with E-state index in [4.69, 9.17) is 14.2 Å². The molecule has 4 aromatic carbocycles. The van der Waals surface area contributed by atoms with Gasteiger partial charge in [-0.2, -0.15) is 0 Å². The minimum Gasteiger partial charge on any atom is -0.494 e. The number of amides is 2.